The third-order valence-electron chi connectivity index (χ3n) is 3.32. The third-order valence-corrected chi connectivity index (χ3v) is 3.32. The first kappa shape index (κ1) is 18.7. The molecule has 0 aromatic heterocycles. The van der Waals surface area contributed by atoms with Crippen LogP contribution in [0, 0.1) is 0 Å². The van der Waals surface area contributed by atoms with E-state index < -0.39 is 42.5 Å². The van der Waals surface area contributed by atoms with E-state index in [1.807, 2.05) is 6.07 Å². The highest BCUT2D eigenvalue weighted by Gasteiger charge is 2.51. The van der Waals surface area contributed by atoms with Crippen molar-refractivity contribution in [3.05, 3.63) is 30.3 Å². The predicted molar refractivity (Wildman–Crippen MR) is 83.5 cm³/mol. The van der Waals surface area contributed by atoms with Gasteiger partial charge in [-0.3, -0.25) is 14.4 Å². The summed E-state index contributed by atoms with van der Waals surface area (Å²) in [6, 6.07) is 8.76. The molecule has 1 heterocycles. The molecule has 136 valence electrons. The molecule has 1 saturated heterocycles. The SMILES string of the molecule is CC(=O)OC[C@H]1O[C@@H](Oc2ccccc2)[C@H](OC(C)=O)[C@@H]1OC(C)=O. The Balaban J connectivity index is 2.21. The molecule has 0 N–H and O–H groups in total. The van der Waals surface area contributed by atoms with Gasteiger partial charge in [-0.1, -0.05) is 18.2 Å². The molecule has 0 aliphatic carbocycles. The van der Waals surface area contributed by atoms with Crippen molar-refractivity contribution in [3.63, 3.8) is 0 Å². The summed E-state index contributed by atoms with van der Waals surface area (Å²) in [6.45, 7) is 3.53. The van der Waals surface area contributed by atoms with Crippen LogP contribution in [-0.2, 0) is 33.3 Å². The van der Waals surface area contributed by atoms with Gasteiger partial charge in [0, 0.05) is 20.8 Å². The van der Waals surface area contributed by atoms with Gasteiger partial charge in [-0.25, -0.2) is 0 Å². The van der Waals surface area contributed by atoms with E-state index in [0.29, 0.717) is 5.75 Å². The summed E-state index contributed by atoms with van der Waals surface area (Å²) in [4.78, 5) is 33.9. The fourth-order valence-electron chi connectivity index (χ4n) is 2.40. The minimum atomic E-state index is -1.02. The molecular formula is C17H20O8. The Bertz CT molecular complexity index is 614. The van der Waals surface area contributed by atoms with Gasteiger partial charge in [-0.2, -0.15) is 0 Å². The van der Waals surface area contributed by atoms with Gasteiger partial charge in [0.2, 0.25) is 12.4 Å². The Morgan fingerprint density at radius 2 is 1.52 bits per heavy atom. The van der Waals surface area contributed by atoms with Crippen molar-refractivity contribution < 1.29 is 38.1 Å². The normalized spacial score (nSPS) is 25.1. The van der Waals surface area contributed by atoms with Crippen LogP contribution in [0.25, 0.3) is 0 Å². The first-order valence-corrected chi connectivity index (χ1v) is 7.71. The van der Waals surface area contributed by atoms with Crippen molar-refractivity contribution in [2.24, 2.45) is 0 Å². The molecule has 1 fully saturated rings. The molecule has 1 aliphatic heterocycles. The lowest BCUT2D eigenvalue weighted by atomic mass is 10.1. The summed E-state index contributed by atoms with van der Waals surface area (Å²) in [7, 11) is 0. The number of hydrogen-bond donors (Lipinski definition) is 0. The van der Waals surface area contributed by atoms with Crippen LogP contribution in [0.3, 0.4) is 0 Å². The quantitative estimate of drug-likeness (QED) is 0.557. The average molecular weight is 352 g/mol. The molecule has 4 atom stereocenters. The Hall–Kier alpha value is -2.61. The smallest absolute Gasteiger partial charge is 0.303 e. The zero-order chi connectivity index (χ0) is 18.4. The maximum Gasteiger partial charge on any atom is 0.303 e. The highest BCUT2D eigenvalue weighted by molar-refractivity contribution is 5.68. The lowest BCUT2D eigenvalue weighted by Crippen LogP contribution is -2.42. The van der Waals surface area contributed by atoms with Gasteiger partial charge in [0.15, 0.2) is 6.10 Å². The van der Waals surface area contributed by atoms with E-state index in [9.17, 15) is 14.4 Å². The highest BCUT2D eigenvalue weighted by atomic mass is 16.7. The first-order chi connectivity index (χ1) is 11.9. The summed E-state index contributed by atoms with van der Waals surface area (Å²) in [5.41, 5.74) is 0. The number of para-hydroxylation sites is 1. The zero-order valence-electron chi connectivity index (χ0n) is 14.2. The minimum Gasteiger partial charge on any atom is -0.463 e. The van der Waals surface area contributed by atoms with Gasteiger partial charge >= 0.3 is 17.9 Å². The first-order valence-electron chi connectivity index (χ1n) is 7.71. The van der Waals surface area contributed by atoms with Crippen LogP contribution in [0.15, 0.2) is 30.3 Å². The van der Waals surface area contributed by atoms with Crippen LogP contribution in [-0.4, -0.2) is 49.1 Å². The van der Waals surface area contributed by atoms with Crippen LogP contribution in [0.4, 0.5) is 0 Å². The number of esters is 3. The van der Waals surface area contributed by atoms with E-state index in [1.54, 1.807) is 24.3 Å². The monoisotopic (exact) mass is 352 g/mol. The van der Waals surface area contributed by atoms with E-state index in [-0.39, 0.29) is 6.61 Å². The number of ether oxygens (including phenoxy) is 5. The summed E-state index contributed by atoms with van der Waals surface area (Å²) in [6.07, 6.45) is -3.81. The van der Waals surface area contributed by atoms with Crippen LogP contribution in [0.5, 0.6) is 5.75 Å². The molecule has 0 unspecified atom stereocenters. The van der Waals surface area contributed by atoms with Gasteiger partial charge in [0.05, 0.1) is 0 Å². The van der Waals surface area contributed by atoms with Gasteiger partial charge in [-0.05, 0) is 12.1 Å². The number of benzene rings is 1. The van der Waals surface area contributed by atoms with E-state index >= 15 is 0 Å². The molecule has 0 amide bonds. The fraction of sp³-hybridized carbons (Fsp3) is 0.471. The van der Waals surface area contributed by atoms with Crippen LogP contribution < -0.4 is 4.74 Å². The van der Waals surface area contributed by atoms with E-state index in [0.717, 1.165) is 0 Å². The van der Waals surface area contributed by atoms with Gasteiger partial charge in [-0.15, -0.1) is 0 Å². The van der Waals surface area contributed by atoms with Gasteiger partial charge in [0.25, 0.3) is 0 Å². The van der Waals surface area contributed by atoms with Crippen molar-refractivity contribution in [2.75, 3.05) is 6.61 Å². The summed E-state index contributed by atoms with van der Waals surface area (Å²) in [5.74, 6) is -1.19. The topological polar surface area (TPSA) is 97.4 Å². The van der Waals surface area contributed by atoms with Crippen LogP contribution in [0.1, 0.15) is 20.8 Å². The van der Waals surface area contributed by atoms with Crippen molar-refractivity contribution in [1.29, 1.82) is 0 Å². The predicted octanol–water partition coefficient (Wildman–Crippen LogP) is 1.22. The maximum absolute atomic E-state index is 11.4. The molecule has 0 radical (unpaired) electrons. The zero-order valence-corrected chi connectivity index (χ0v) is 14.2. The molecule has 0 saturated carbocycles. The molecule has 25 heavy (non-hydrogen) atoms. The maximum atomic E-state index is 11.4. The Kier molecular flexibility index (Phi) is 6.35. The second-order valence-corrected chi connectivity index (χ2v) is 5.42. The summed E-state index contributed by atoms with van der Waals surface area (Å²) in [5, 5.41) is 0. The standard InChI is InChI=1S/C17H20O8/c1-10(18)21-9-14-15(22-11(2)19)16(23-12(3)20)17(25-14)24-13-7-5-4-6-8-13/h4-8,14-17H,9H2,1-3H3/t14-,15-,16-,17-/m1/s1. The largest absolute Gasteiger partial charge is 0.463 e. The van der Waals surface area contributed by atoms with Crippen LogP contribution >= 0.6 is 0 Å². The van der Waals surface area contributed by atoms with E-state index in [1.165, 1.54) is 20.8 Å². The Morgan fingerprint density at radius 3 is 2.08 bits per heavy atom. The van der Waals surface area contributed by atoms with E-state index in [2.05, 4.69) is 0 Å². The molecule has 2 rings (SSSR count). The molecule has 0 bridgehead atoms. The molecule has 8 nitrogen and oxygen atoms in total. The van der Waals surface area contributed by atoms with E-state index in [4.69, 9.17) is 23.7 Å². The van der Waals surface area contributed by atoms with Crippen molar-refractivity contribution in [1.82, 2.24) is 0 Å². The number of carbonyl (C=O) groups is 3. The molecule has 0 spiro atoms. The Labute approximate surface area is 144 Å². The number of hydrogen-bond acceptors (Lipinski definition) is 8. The van der Waals surface area contributed by atoms with Crippen LogP contribution in [0.2, 0.25) is 0 Å². The molecule has 8 heteroatoms. The second kappa shape index (κ2) is 8.48. The molecule has 1 aromatic carbocycles. The van der Waals surface area contributed by atoms with Gasteiger partial charge < -0.3 is 23.7 Å². The summed E-state index contributed by atoms with van der Waals surface area (Å²) >= 11 is 0. The molecule has 1 aliphatic rings. The fourth-order valence-corrected chi connectivity index (χ4v) is 2.40. The minimum absolute atomic E-state index is 0.167. The molecule has 1 aromatic rings. The third kappa shape index (κ3) is 5.46. The molecular weight excluding hydrogens is 332 g/mol. The van der Waals surface area contributed by atoms with Crippen molar-refractivity contribution in [2.45, 2.75) is 45.4 Å². The van der Waals surface area contributed by atoms with Crippen molar-refractivity contribution in [3.8, 4) is 5.75 Å². The number of carbonyl (C=O) groups excluding carboxylic acids is 3. The average Bonchev–Trinajstić information content (AvgIpc) is 2.82. The number of rotatable bonds is 6. The summed E-state index contributed by atoms with van der Waals surface area (Å²) < 4.78 is 26.8. The second-order valence-electron chi connectivity index (χ2n) is 5.42. The van der Waals surface area contributed by atoms with Gasteiger partial charge in [0.1, 0.15) is 18.5 Å². The lowest BCUT2D eigenvalue weighted by molar-refractivity contribution is -0.170. The lowest BCUT2D eigenvalue weighted by Gasteiger charge is -2.23. The Morgan fingerprint density at radius 1 is 0.920 bits per heavy atom. The van der Waals surface area contributed by atoms with Crippen molar-refractivity contribution >= 4 is 17.9 Å². The highest BCUT2D eigenvalue weighted by Crippen LogP contribution is 2.29.